The van der Waals surface area contributed by atoms with Crippen LogP contribution in [0.3, 0.4) is 0 Å². The van der Waals surface area contributed by atoms with Crippen molar-refractivity contribution in [1.82, 2.24) is 9.97 Å². The lowest BCUT2D eigenvalue weighted by Crippen LogP contribution is -2.14. The van der Waals surface area contributed by atoms with E-state index < -0.39 is 0 Å². The molecule has 0 fully saturated rings. The molecule has 8 heteroatoms. The van der Waals surface area contributed by atoms with Crippen LogP contribution in [0.15, 0.2) is 72.9 Å². The number of methoxy groups -OCH3 is 1. The molecule has 0 radical (unpaired) electrons. The van der Waals surface area contributed by atoms with E-state index >= 15 is 0 Å². The zero-order chi connectivity index (χ0) is 23.4. The SMILES string of the molecule is COc1ccc(C(=O)c2[nH]c(Nc3ccc(C)cn3)c(C(=S)Nc3ccccc3)c2N)cc1. The molecule has 0 spiro atoms. The summed E-state index contributed by atoms with van der Waals surface area (Å²) < 4.78 is 5.18. The highest BCUT2D eigenvalue weighted by Crippen LogP contribution is 2.31. The molecule has 7 nitrogen and oxygen atoms in total. The number of nitrogen functional groups attached to an aromatic ring is 1. The van der Waals surface area contributed by atoms with Crippen molar-refractivity contribution in [2.45, 2.75) is 6.92 Å². The van der Waals surface area contributed by atoms with Crippen LogP contribution in [0.25, 0.3) is 0 Å². The number of anilines is 4. The Bertz CT molecular complexity index is 1280. The second-order valence-corrected chi connectivity index (χ2v) is 7.80. The minimum absolute atomic E-state index is 0.238. The second kappa shape index (κ2) is 9.54. The van der Waals surface area contributed by atoms with Crippen LogP contribution in [0.1, 0.15) is 27.2 Å². The molecule has 0 aliphatic rings. The third-order valence-corrected chi connectivity index (χ3v) is 5.35. The van der Waals surface area contributed by atoms with Gasteiger partial charge in [0.05, 0.1) is 18.4 Å². The first-order valence-corrected chi connectivity index (χ1v) is 10.6. The van der Waals surface area contributed by atoms with Gasteiger partial charge in [-0.1, -0.05) is 36.5 Å². The number of benzene rings is 2. The van der Waals surface area contributed by atoms with Gasteiger partial charge in [-0.2, -0.15) is 0 Å². The predicted octanol–water partition coefficient (Wildman–Crippen LogP) is 5.07. The monoisotopic (exact) mass is 457 g/mol. The lowest BCUT2D eigenvalue weighted by Gasteiger charge is -2.11. The summed E-state index contributed by atoms with van der Waals surface area (Å²) in [5.41, 5.74) is 9.76. The molecule has 0 aliphatic heterocycles. The van der Waals surface area contributed by atoms with Crippen molar-refractivity contribution < 1.29 is 9.53 Å². The van der Waals surface area contributed by atoms with Crippen LogP contribution >= 0.6 is 12.2 Å². The summed E-state index contributed by atoms with van der Waals surface area (Å²) in [7, 11) is 1.57. The molecule has 4 rings (SSSR count). The average Bonchev–Trinajstić information content (AvgIpc) is 3.16. The first kappa shape index (κ1) is 22.0. The first-order chi connectivity index (χ1) is 16.0. The molecule has 0 saturated carbocycles. The Hall–Kier alpha value is -4.17. The highest BCUT2D eigenvalue weighted by Gasteiger charge is 2.24. The molecule has 33 heavy (non-hydrogen) atoms. The number of para-hydroxylation sites is 1. The largest absolute Gasteiger partial charge is 0.497 e. The van der Waals surface area contributed by atoms with Crippen molar-refractivity contribution in [3.8, 4) is 5.75 Å². The summed E-state index contributed by atoms with van der Waals surface area (Å²) in [4.78, 5) is 21.1. The maximum Gasteiger partial charge on any atom is 0.211 e. The van der Waals surface area contributed by atoms with E-state index in [9.17, 15) is 4.79 Å². The lowest BCUT2D eigenvalue weighted by molar-refractivity contribution is 0.103. The molecule has 5 N–H and O–H groups in total. The molecule has 0 amide bonds. The van der Waals surface area contributed by atoms with Gasteiger partial charge in [0.25, 0.3) is 0 Å². The Morgan fingerprint density at radius 1 is 1.06 bits per heavy atom. The highest BCUT2D eigenvalue weighted by molar-refractivity contribution is 7.81. The fourth-order valence-corrected chi connectivity index (χ4v) is 3.62. The fraction of sp³-hybridized carbons (Fsp3) is 0.0800. The third-order valence-electron chi connectivity index (χ3n) is 5.04. The second-order valence-electron chi connectivity index (χ2n) is 7.39. The van der Waals surface area contributed by atoms with Crippen LogP contribution in [0.2, 0.25) is 0 Å². The number of nitrogens with one attached hydrogen (secondary N) is 3. The number of H-pyrrole nitrogens is 1. The Balaban J connectivity index is 1.73. The van der Waals surface area contributed by atoms with E-state index in [1.54, 1.807) is 37.6 Å². The number of nitrogens with zero attached hydrogens (tertiary/aromatic N) is 1. The van der Waals surface area contributed by atoms with E-state index in [4.69, 9.17) is 22.7 Å². The Morgan fingerprint density at radius 2 is 1.79 bits per heavy atom. The van der Waals surface area contributed by atoms with Crippen molar-refractivity contribution in [2.75, 3.05) is 23.5 Å². The van der Waals surface area contributed by atoms with Crippen molar-refractivity contribution >= 4 is 46.0 Å². The number of thiocarbonyl (C=S) groups is 1. The van der Waals surface area contributed by atoms with E-state index in [-0.39, 0.29) is 17.2 Å². The quantitative estimate of drug-likeness (QED) is 0.227. The van der Waals surface area contributed by atoms with E-state index in [0.29, 0.717) is 33.5 Å². The molecule has 2 aromatic carbocycles. The van der Waals surface area contributed by atoms with E-state index in [1.165, 1.54) is 0 Å². The van der Waals surface area contributed by atoms with Gasteiger partial charge >= 0.3 is 0 Å². The van der Waals surface area contributed by atoms with Gasteiger partial charge in [-0.25, -0.2) is 4.98 Å². The van der Waals surface area contributed by atoms with Crippen molar-refractivity contribution in [3.63, 3.8) is 0 Å². The van der Waals surface area contributed by atoms with Gasteiger partial charge in [0.2, 0.25) is 5.78 Å². The zero-order valence-corrected chi connectivity index (χ0v) is 19.0. The topological polar surface area (TPSA) is 105 Å². The Morgan fingerprint density at radius 3 is 2.42 bits per heavy atom. The van der Waals surface area contributed by atoms with Crippen molar-refractivity contribution in [3.05, 3.63) is 95.3 Å². The summed E-state index contributed by atoms with van der Waals surface area (Å²) in [5, 5.41) is 6.39. The number of aryl methyl sites for hydroxylation is 1. The number of carbonyl (C=O) groups is 1. The number of aromatic nitrogens is 2. The molecule has 0 bridgehead atoms. The normalized spacial score (nSPS) is 10.5. The minimum Gasteiger partial charge on any atom is -0.497 e. The minimum atomic E-state index is -0.260. The Labute approximate surface area is 197 Å². The van der Waals surface area contributed by atoms with Crippen LogP contribution in [0.4, 0.5) is 23.0 Å². The molecule has 0 aliphatic carbocycles. The maximum absolute atomic E-state index is 13.3. The Kier molecular flexibility index (Phi) is 6.37. The average molecular weight is 458 g/mol. The molecule has 166 valence electrons. The van der Waals surface area contributed by atoms with Crippen LogP contribution in [-0.2, 0) is 0 Å². The fourth-order valence-electron chi connectivity index (χ4n) is 3.29. The number of carbonyl (C=O) groups excluding carboxylic acids is 1. The summed E-state index contributed by atoms with van der Waals surface area (Å²) in [6.07, 6.45) is 1.75. The predicted molar refractivity (Wildman–Crippen MR) is 136 cm³/mol. The van der Waals surface area contributed by atoms with E-state index in [1.807, 2.05) is 49.4 Å². The van der Waals surface area contributed by atoms with Gasteiger partial charge in [-0.15, -0.1) is 0 Å². The van der Waals surface area contributed by atoms with Gasteiger partial charge in [-0.05, 0) is 55.0 Å². The maximum atomic E-state index is 13.3. The number of pyridine rings is 1. The number of hydrogen-bond donors (Lipinski definition) is 4. The lowest BCUT2D eigenvalue weighted by atomic mass is 10.1. The van der Waals surface area contributed by atoms with Gasteiger partial charge in [0.15, 0.2) is 0 Å². The molecule has 0 atom stereocenters. The molecule has 2 heterocycles. The summed E-state index contributed by atoms with van der Waals surface area (Å²) in [6.45, 7) is 1.96. The van der Waals surface area contributed by atoms with Crippen LogP contribution in [0.5, 0.6) is 5.75 Å². The number of ketones is 1. The number of rotatable bonds is 7. The van der Waals surface area contributed by atoms with Gasteiger partial charge in [0, 0.05) is 17.4 Å². The van der Waals surface area contributed by atoms with Gasteiger partial charge < -0.3 is 26.1 Å². The standard InChI is InChI=1S/C25H23N5O2S/c1-15-8-13-19(27-14-15)29-24-20(25(33)28-17-6-4-3-5-7-17)21(26)22(30-24)23(31)16-9-11-18(32-2)12-10-16/h3-14,30H,26H2,1-2H3,(H,27,29)(H,28,33). The molecule has 4 aromatic rings. The highest BCUT2D eigenvalue weighted by atomic mass is 32.1. The van der Waals surface area contributed by atoms with Crippen LogP contribution < -0.4 is 21.1 Å². The van der Waals surface area contributed by atoms with Crippen molar-refractivity contribution in [1.29, 1.82) is 0 Å². The van der Waals surface area contributed by atoms with Gasteiger partial charge in [-0.3, -0.25) is 4.79 Å². The third kappa shape index (κ3) is 4.86. The molecule has 0 saturated heterocycles. The molecular formula is C25H23N5O2S. The van der Waals surface area contributed by atoms with Gasteiger partial charge in [0.1, 0.15) is 28.1 Å². The van der Waals surface area contributed by atoms with Crippen LogP contribution in [0, 0.1) is 6.92 Å². The zero-order valence-electron chi connectivity index (χ0n) is 18.2. The number of ether oxygens (including phenoxy) is 1. The molecule has 0 unspecified atom stereocenters. The summed E-state index contributed by atoms with van der Waals surface area (Å²) in [5.74, 6) is 1.47. The van der Waals surface area contributed by atoms with E-state index in [0.717, 1.165) is 11.3 Å². The molecule has 2 aromatic heterocycles. The summed E-state index contributed by atoms with van der Waals surface area (Å²) in [6, 6.07) is 20.1. The number of hydrogen-bond acceptors (Lipinski definition) is 6. The molecular weight excluding hydrogens is 434 g/mol. The first-order valence-electron chi connectivity index (χ1n) is 10.2. The number of aromatic amines is 1. The van der Waals surface area contributed by atoms with E-state index in [2.05, 4.69) is 20.6 Å². The van der Waals surface area contributed by atoms with Crippen LogP contribution in [-0.4, -0.2) is 27.8 Å². The smallest absolute Gasteiger partial charge is 0.211 e. The number of nitrogens with two attached hydrogens (primary N) is 1. The summed E-state index contributed by atoms with van der Waals surface area (Å²) >= 11 is 5.66. The van der Waals surface area contributed by atoms with Crippen molar-refractivity contribution in [2.24, 2.45) is 0 Å².